The van der Waals surface area contributed by atoms with Crippen LogP contribution in [-0.2, 0) is 16.0 Å². The molecule has 0 radical (unpaired) electrons. The summed E-state index contributed by atoms with van der Waals surface area (Å²) in [6.45, 7) is 6.95. The molecule has 2 amide bonds. The van der Waals surface area contributed by atoms with Crippen molar-refractivity contribution in [3.63, 3.8) is 0 Å². The van der Waals surface area contributed by atoms with Gasteiger partial charge in [-0.3, -0.25) is 9.69 Å². The molecule has 1 aromatic carbocycles. The number of rotatable bonds is 7. The number of nitrogens with one attached hydrogen (secondary N) is 1. The summed E-state index contributed by atoms with van der Waals surface area (Å²) in [7, 11) is 0. The van der Waals surface area contributed by atoms with Crippen molar-refractivity contribution in [2.24, 2.45) is 5.92 Å². The van der Waals surface area contributed by atoms with Gasteiger partial charge < -0.3 is 20.3 Å². The Balaban J connectivity index is 2.10. The van der Waals surface area contributed by atoms with E-state index in [9.17, 15) is 19.8 Å². The number of nitrogens with zero attached hydrogens (tertiary/aromatic N) is 1. The van der Waals surface area contributed by atoms with Crippen LogP contribution in [0.3, 0.4) is 0 Å². The van der Waals surface area contributed by atoms with Crippen LogP contribution in [0.5, 0.6) is 0 Å². The molecule has 1 fully saturated rings. The predicted octanol–water partition coefficient (Wildman–Crippen LogP) is 2.49. The molecule has 0 bridgehead atoms. The van der Waals surface area contributed by atoms with E-state index >= 15 is 0 Å². The Morgan fingerprint density at radius 3 is 2.50 bits per heavy atom. The second-order valence-corrected chi connectivity index (χ2v) is 9.14. The van der Waals surface area contributed by atoms with Gasteiger partial charge in [-0.15, -0.1) is 0 Å². The minimum absolute atomic E-state index is 0.291. The molecule has 2 rings (SSSR count). The fraction of sp³-hybridized carbons (Fsp3) is 0.652. The average molecular weight is 421 g/mol. The number of ether oxygens (including phenoxy) is 1. The molecule has 2 unspecified atom stereocenters. The van der Waals surface area contributed by atoms with Crippen molar-refractivity contribution < 1.29 is 24.5 Å². The third kappa shape index (κ3) is 7.29. The maximum absolute atomic E-state index is 13.0. The van der Waals surface area contributed by atoms with Crippen LogP contribution in [0.4, 0.5) is 4.79 Å². The van der Waals surface area contributed by atoms with E-state index in [1.807, 2.05) is 18.2 Å². The first-order valence-corrected chi connectivity index (χ1v) is 10.7. The number of aliphatic hydroxyl groups is 2. The molecule has 7 nitrogen and oxygen atoms in total. The number of aliphatic hydroxyl groups excluding tert-OH is 2. The largest absolute Gasteiger partial charge is 0.444 e. The van der Waals surface area contributed by atoms with Gasteiger partial charge in [0.25, 0.3) is 0 Å². The molecule has 168 valence electrons. The van der Waals surface area contributed by atoms with E-state index in [-0.39, 0.29) is 12.5 Å². The maximum atomic E-state index is 13.0. The standard InChI is InChI=1S/C23H36N2O5/c1-16(27)19(15-26)24-21(28)20-14-18(11-10-17-8-6-5-7-9-17)12-13-25(20)22(29)30-23(2,3)4/h5-9,16,18-20,26-27H,10-15H2,1-4H3,(H,24,28)/t16-,18?,19-,20?/m1/s1. The predicted molar refractivity (Wildman–Crippen MR) is 115 cm³/mol. The van der Waals surface area contributed by atoms with Gasteiger partial charge in [0.15, 0.2) is 0 Å². The minimum atomic E-state index is -0.897. The fourth-order valence-corrected chi connectivity index (χ4v) is 3.70. The fourth-order valence-electron chi connectivity index (χ4n) is 3.70. The first-order valence-electron chi connectivity index (χ1n) is 10.7. The van der Waals surface area contributed by atoms with E-state index in [1.165, 1.54) is 17.4 Å². The van der Waals surface area contributed by atoms with Gasteiger partial charge in [0.05, 0.1) is 18.8 Å². The third-order valence-corrected chi connectivity index (χ3v) is 5.43. The van der Waals surface area contributed by atoms with Crippen LogP contribution in [0.15, 0.2) is 30.3 Å². The molecule has 0 aliphatic carbocycles. The van der Waals surface area contributed by atoms with Crippen LogP contribution in [0.1, 0.15) is 52.5 Å². The second-order valence-electron chi connectivity index (χ2n) is 9.14. The molecule has 30 heavy (non-hydrogen) atoms. The highest BCUT2D eigenvalue weighted by molar-refractivity contribution is 5.86. The zero-order valence-corrected chi connectivity index (χ0v) is 18.5. The normalized spacial score (nSPS) is 21.6. The van der Waals surface area contributed by atoms with Gasteiger partial charge >= 0.3 is 6.09 Å². The van der Waals surface area contributed by atoms with Gasteiger partial charge in [-0.1, -0.05) is 30.3 Å². The molecule has 4 atom stereocenters. The van der Waals surface area contributed by atoms with Gasteiger partial charge in [-0.05, 0) is 64.9 Å². The highest BCUT2D eigenvalue weighted by Gasteiger charge is 2.39. The summed E-state index contributed by atoms with van der Waals surface area (Å²) in [4.78, 5) is 27.2. The molecule has 1 saturated heterocycles. The Morgan fingerprint density at radius 1 is 1.27 bits per heavy atom. The molecular formula is C23H36N2O5. The Labute approximate surface area is 179 Å². The molecule has 1 aliphatic rings. The summed E-state index contributed by atoms with van der Waals surface area (Å²) in [6.07, 6.45) is 1.76. The molecular weight excluding hydrogens is 384 g/mol. The average Bonchev–Trinajstić information content (AvgIpc) is 2.69. The van der Waals surface area contributed by atoms with Crippen molar-refractivity contribution in [3.8, 4) is 0 Å². The minimum Gasteiger partial charge on any atom is -0.444 e. The van der Waals surface area contributed by atoms with E-state index in [4.69, 9.17) is 4.74 Å². The summed E-state index contributed by atoms with van der Waals surface area (Å²) >= 11 is 0. The van der Waals surface area contributed by atoms with Crippen LogP contribution in [0, 0.1) is 5.92 Å². The van der Waals surface area contributed by atoms with Crippen LogP contribution in [0.25, 0.3) is 0 Å². The molecule has 1 aromatic rings. The molecule has 0 spiro atoms. The number of amides is 2. The number of benzene rings is 1. The molecule has 0 saturated carbocycles. The second kappa shape index (κ2) is 10.8. The number of hydrogen-bond donors (Lipinski definition) is 3. The van der Waals surface area contributed by atoms with E-state index in [0.717, 1.165) is 19.3 Å². The highest BCUT2D eigenvalue weighted by atomic mass is 16.6. The Bertz CT molecular complexity index is 687. The number of aryl methyl sites for hydroxylation is 1. The summed E-state index contributed by atoms with van der Waals surface area (Å²) in [5.74, 6) is -0.0796. The molecule has 7 heteroatoms. The van der Waals surface area contributed by atoms with Crippen molar-refractivity contribution in [1.82, 2.24) is 10.2 Å². The zero-order valence-electron chi connectivity index (χ0n) is 18.5. The first kappa shape index (κ1) is 24.2. The number of carbonyl (C=O) groups is 2. The maximum Gasteiger partial charge on any atom is 0.410 e. The van der Waals surface area contributed by atoms with Crippen molar-refractivity contribution in [1.29, 1.82) is 0 Å². The Hall–Kier alpha value is -2.12. The summed E-state index contributed by atoms with van der Waals surface area (Å²) in [6, 6.07) is 8.74. The Kier molecular flexibility index (Phi) is 8.67. The summed E-state index contributed by atoms with van der Waals surface area (Å²) in [5, 5.41) is 21.9. The van der Waals surface area contributed by atoms with Crippen molar-refractivity contribution in [2.75, 3.05) is 13.2 Å². The smallest absolute Gasteiger partial charge is 0.410 e. The van der Waals surface area contributed by atoms with Gasteiger partial charge in [-0.25, -0.2) is 4.79 Å². The molecule has 0 aromatic heterocycles. The molecule has 1 aliphatic heterocycles. The Morgan fingerprint density at radius 2 is 1.93 bits per heavy atom. The number of hydrogen-bond acceptors (Lipinski definition) is 5. The first-order chi connectivity index (χ1) is 14.1. The van der Waals surface area contributed by atoms with Gasteiger partial charge in [0.1, 0.15) is 11.6 Å². The lowest BCUT2D eigenvalue weighted by Gasteiger charge is -2.39. The SMILES string of the molecule is C[C@@H](O)[C@@H](CO)NC(=O)C1CC(CCc2ccccc2)CCN1C(=O)OC(C)(C)C. The van der Waals surface area contributed by atoms with Crippen molar-refractivity contribution >= 4 is 12.0 Å². The summed E-state index contributed by atoms with van der Waals surface area (Å²) in [5.41, 5.74) is 0.595. The van der Waals surface area contributed by atoms with Crippen molar-refractivity contribution in [3.05, 3.63) is 35.9 Å². The molecule has 1 heterocycles. The topological polar surface area (TPSA) is 99.1 Å². The van der Waals surface area contributed by atoms with Crippen molar-refractivity contribution in [2.45, 2.75) is 77.2 Å². The van der Waals surface area contributed by atoms with Gasteiger partial charge in [0.2, 0.25) is 5.91 Å². The number of piperidine rings is 1. The molecule has 3 N–H and O–H groups in total. The quantitative estimate of drug-likeness (QED) is 0.629. The van der Waals surface area contributed by atoms with E-state index in [2.05, 4.69) is 17.4 Å². The van der Waals surface area contributed by atoms with Crippen LogP contribution < -0.4 is 5.32 Å². The van der Waals surface area contributed by atoms with E-state index < -0.39 is 29.9 Å². The lowest BCUT2D eigenvalue weighted by atomic mass is 9.86. The number of likely N-dealkylation sites (tertiary alicyclic amines) is 1. The van der Waals surface area contributed by atoms with Gasteiger partial charge in [0, 0.05) is 6.54 Å². The monoisotopic (exact) mass is 420 g/mol. The lowest BCUT2D eigenvalue weighted by molar-refractivity contribution is -0.130. The zero-order chi connectivity index (χ0) is 22.3. The highest BCUT2D eigenvalue weighted by Crippen LogP contribution is 2.28. The van der Waals surface area contributed by atoms with E-state index in [1.54, 1.807) is 20.8 Å². The third-order valence-electron chi connectivity index (χ3n) is 5.43. The lowest BCUT2D eigenvalue weighted by Crippen LogP contribution is -2.57. The van der Waals surface area contributed by atoms with E-state index in [0.29, 0.717) is 18.9 Å². The number of carbonyl (C=O) groups excluding carboxylic acids is 2. The van der Waals surface area contributed by atoms with Crippen LogP contribution in [0.2, 0.25) is 0 Å². The van der Waals surface area contributed by atoms with Crippen LogP contribution >= 0.6 is 0 Å². The summed E-state index contributed by atoms with van der Waals surface area (Å²) < 4.78 is 5.51. The van der Waals surface area contributed by atoms with Crippen LogP contribution in [-0.4, -0.2) is 64.1 Å². The van der Waals surface area contributed by atoms with Gasteiger partial charge in [-0.2, -0.15) is 0 Å².